The van der Waals surface area contributed by atoms with E-state index in [0.29, 0.717) is 11.1 Å². The fourth-order valence-electron chi connectivity index (χ4n) is 3.09. The van der Waals surface area contributed by atoms with Crippen LogP contribution in [0, 0.1) is 0 Å². The lowest BCUT2D eigenvalue weighted by molar-refractivity contribution is 0.0696. The van der Waals surface area contributed by atoms with Crippen LogP contribution in [0.5, 0.6) is 0 Å². The molecule has 1 aliphatic rings. The van der Waals surface area contributed by atoms with E-state index < -0.39 is 5.97 Å². The number of carboxylic acids is 1. The predicted octanol–water partition coefficient (Wildman–Crippen LogP) is 2.95. The minimum absolute atomic E-state index is 0.0227. The Morgan fingerprint density at radius 2 is 1.42 bits per heavy atom. The van der Waals surface area contributed by atoms with Crippen LogP contribution < -0.4 is 0 Å². The second-order valence-electron chi connectivity index (χ2n) is 5.48. The summed E-state index contributed by atoms with van der Waals surface area (Å²) in [4.78, 5) is 37.4. The molecule has 0 radical (unpaired) electrons. The monoisotopic (exact) mass is 317 g/mol. The molecular weight excluding hydrogens is 306 g/mol. The van der Waals surface area contributed by atoms with Crippen molar-refractivity contribution >= 4 is 17.5 Å². The molecule has 4 rings (SSSR count). The van der Waals surface area contributed by atoms with Crippen LogP contribution in [-0.2, 0) is 0 Å². The van der Waals surface area contributed by atoms with Crippen LogP contribution >= 0.6 is 0 Å². The molecule has 0 spiro atoms. The molecule has 0 atom stereocenters. The lowest BCUT2D eigenvalue weighted by atomic mass is 9.82. The van der Waals surface area contributed by atoms with E-state index in [2.05, 4.69) is 0 Å². The number of fused-ring (bicyclic) bond motifs is 2. The Kier molecular flexibility index (Phi) is 2.96. The number of hydrogen-bond donors (Lipinski definition) is 1. The third kappa shape index (κ3) is 1.85. The Labute approximate surface area is 136 Å². The molecule has 0 unspecified atom stereocenters. The van der Waals surface area contributed by atoms with Crippen molar-refractivity contribution in [3.8, 4) is 5.69 Å². The van der Waals surface area contributed by atoms with Crippen molar-refractivity contribution in [1.82, 2.24) is 4.57 Å². The van der Waals surface area contributed by atoms with Gasteiger partial charge in [0, 0.05) is 29.1 Å². The van der Waals surface area contributed by atoms with Gasteiger partial charge in [0.2, 0.25) is 0 Å². The van der Waals surface area contributed by atoms with Crippen LogP contribution in [0.1, 0.15) is 42.2 Å². The molecular formula is C19H11NO4. The van der Waals surface area contributed by atoms with Gasteiger partial charge in [-0.2, -0.15) is 0 Å². The van der Waals surface area contributed by atoms with Crippen LogP contribution in [0.4, 0.5) is 0 Å². The second-order valence-corrected chi connectivity index (χ2v) is 5.48. The van der Waals surface area contributed by atoms with Gasteiger partial charge in [-0.1, -0.05) is 24.3 Å². The molecule has 3 aromatic rings. The summed E-state index contributed by atoms with van der Waals surface area (Å²) in [6.07, 6.45) is 3.31. The maximum atomic E-state index is 13.0. The van der Waals surface area contributed by atoms with E-state index in [1.54, 1.807) is 53.4 Å². The Hall–Kier alpha value is -3.47. The number of benzene rings is 2. The molecule has 0 aliphatic heterocycles. The van der Waals surface area contributed by atoms with E-state index in [1.165, 1.54) is 12.1 Å². The first-order valence-electron chi connectivity index (χ1n) is 7.31. The first-order chi connectivity index (χ1) is 11.6. The van der Waals surface area contributed by atoms with E-state index in [9.17, 15) is 19.5 Å². The van der Waals surface area contributed by atoms with Crippen molar-refractivity contribution in [2.24, 2.45) is 0 Å². The largest absolute Gasteiger partial charge is 0.478 e. The maximum absolute atomic E-state index is 13.0. The number of aromatic carboxylic acids is 1. The maximum Gasteiger partial charge on any atom is 0.337 e. The Balaban J connectivity index is 2.10. The molecule has 0 bridgehead atoms. The minimum Gasteiger partial charge on any atom is -0.478 e. The predicted molar refractivity (Wildman–Crippen MR) is 86.0 cm³/mol. The van der Waals surface area contributed by atoms with Gasteiger partial charge in [-0.15, -0.1) is 0 Å². The summed E-state index contributed by atoms with van der Waals surface area (Å²) in [5, 5.41) is 9.50. The Morgan fingerprint density at radius 1 is 0.792 bits per heavy atom. The number of hydrogen-bond acceptors (Lipinski definition) is 3. The van der Waals surface area contributed by atoms with Gasteiger partial charge >= 0.3 is 5.97 Å². The zero-order valence-electron chi connectivity index (χ0n) is 12.4. The molecule has 5 heteroatoms. The van der Waals surface area contributed by atoms with Crippen molar-refractivity contribution < 1.29 is 19.5 Å². The van der Waals surface area contributed by atoms with Gasteiger partial charge in [-0.25, -0.2) is 4.79 Å². The summed E-state index contributed by atoms with van der Waals surface area (Å²) >= 11 is 0. The fourth-order valence-corrected chi connectivity index (χ4v) is 3.09. The third-order valence-electron chi connectivity index (χ3n) is 4.16. The molecule has 1 aromatic heterocycles. The topological polar surface area (TPSA) is 76.4 Å². The summed E-state index contributed by atoms with van der Waals surface area (Å²) in [5.41, 5.74) is 1.20. The lowest BCUT2D eigenvalue weighted by Gasteiger charge is -2.21. The summed E-state index contributed by atoms with van der Waals surface area (Å²) < 4.78 is 1.56. The number of carbonyl (C=O) groups excluding carboxylic acids is 2. The van der Waals surface area contributed by atoms with Crippen molar-refractivity contribution in [2.45, 2.75) is 0 Å². The molecule has 1 N–H and O–H groups in total. The van der Waals surface area contributed by atoms with Crippen LogP contribution in [0.3, 0.4) is 0 Å². The van der Waals surface area contributed by atoms with Gasteiger partial charge in [0.25, 0.3) is 0 Å². The molecule has 0 saturated carbocycles. The molecule has 0 amide bonds. The van der Waals surface area contributed by atoms with Gasteiger partial charge in [-0.05, 0) is 24.3 Å². The summed E-state index contributed by atoms with van der Waals surface area (Å²) in [7, 11) is 0. The van der Waals surface area contributed by atoms with Crippen molar-refractivity contribution in [1.29, 1.82) is 0 Å². The van der Waals surface area contributed by atoms with Gasteiger partial charge in [0.1, 0.15) is 0 Å². The van der Waals surface area contributed by atoms with E-state index in [-0.39, 0.29) is 33.9 Å². The SMILES string of the molecule is O=C1c2ccccc2C(=O)c2c1ccc(C(=O)O)c2-n1cccc1. The highest BCUT2D eigenvalue weighted by Crippen LogP contribution is 2.33. The highest BCUT2D eigenvalue weighted by Gasteiger charge is 2.33. The smallest absolute Gasteiger partial charge is 0.337 e. The van der Waals surface area contributed by atoms with Crippen LogP contribution in [-0.4, -0.2) is 27.2 Å². The average Bonchev–Trinajstić information content (AvgIpc) is 3.12. The number of carboxylic acid groups (broad SMARTS) is 1. The second kappa shape index (κ2) is 5.03. The normalized spacial score (nSPS) is 12.7. The zero-order chi connectivity index (χ0) is 16.8. The van der Waals surface area contributed by atoms with Crippen LogP contribution in [0.25, 0.3) is 5.69 Å². The molecule has 1 aliphatic carbocycles. The van der Waals surface area contributed by atoms with Gasteiger partial charge in [0.05, 0.1) is 16.8 Å². The van der Waals surface area contributed by atoms with Crippen molar-refractivity contribution in [3.05, 3.63) is 88.7 Å². The van der Waals surface area contributed by atoms with Crippen molar-refractivity contribution in [2.75, 3.05) is 0 Å². The summed E-state index contributed by atoms with van der Waals surface area (Å²) in [6, 6.07) is 12.8. The molecule has 0 saturated heterocycles. The van der Waals surface area contributed by atoms with E-state index in [1.807, 2.05) is 0 Å². The zero-order valence-corrected chi connectivity index (χ0v) is 12.4. The molecule has 2 aromatic carbocycles. The van der Waals surface area contributed by atoms with Gasteiger partial charge in [0.15, 0.2) is 11.6 Å². The number of carbonyl (C=O) groups is 3. The number of nitrogens with zero attached hydrogens (tertiary/aromatic N) is 1. The molecule has 0 fully saturated rings. The Bertz CT molecular complexity index is 1020. The molecule has 116 valence electrons. The standard InChI is InChI=1S/C19H11NO4/c21-17-11-5-1-2-6-12(11)18(22)15-13(17)7-8-14(19(23)24)16(15)20-9-3-4-10-20/h1-10H,(H,23,24). The number of rotatable bonds is 2. The highest BCUT2D eigenvalue weighted by molar-refractivity contribution is 6.30. The van der Waals surface area contributed by atoms with Crippen molar-refractivity contribution in [3.63, 3.8) is 0 Å². The van der Waals surface area contributed by atoms with Crippen LogP contribution in [0.15, 0.2) is 60.9 Å². The average molecular weight is 317 g/mol. The third-order valence-corrected chi connectivity index (χ3v) is 4.16. The van der Waals surface area contributed by atoms with E-state index in [4.69, 9.17) is 0 Å². The summed E-state index contributed by atoms with van der Waals surface area (Å²) in [6.45, 7) is 0. The lowest BCUT2D eigenvalue weighted by Crippen LogP contribution is -2.24. The van der Waals surface area contributed by atoms with E-state index >= 15 is 0 Å². The van der Waals surface area contributed by atoms with E-state index in [0.717, 1.165) is 0 Å². The molecule has 1 heterocycles. The first-order valence-corrected chi connectivity index (χ1v) is 7.31. The highest BCUT2D eigenvalue weighted by atomic mass is 16.4. The van der Waals surface area contributed by atoms with Gasteiger partial charge < -0.3 is 9.67 Å². The summed E-state index contributed by atoms with van der Waals surface area (Å²) in [5.74, 6) is -1.77. The first kappa shape index (κ1) is 14.1. The number of ketones is 2. The fraction of sp³-hybridized carbons (Fsp3) is 0. The minimum atomic E-state index is -1.15. The van der Waals surface area contributed by atoms with Crippen LogP contribution in [0.2, 0.25) is 0 Å². The quantitative estimate of drug-likeness (QED) is 0.616. The number of aromatic nitrogens is 1. The van der Waals surface area contributed by atoms with Gasteiger partial charge in [-0.3, -0.25) is 9.59 Å². The molecule has 24 heavy (non-hydrogen) atoms. The Morgan fingerprint density at radius 3 is 2.04 bits per heavy atom. The molecule has 5 nitrogen and oxygen atoms in total.